The van der Waals surface area contributed by atoms with Gasteiger partial charge in [-0.3, -0.25) is 0 Å². The number of thiophene rings is 1. The van der Waals surface area contributed by atoms with E-state index in [4.69, 9.17) is 9.97 Å². The zero-order valence-electron chi connectivity index (χ0n) is 20.0. The molecule has 3 aromatic carbocycles. The molecule has 0 fully saturated rings. The topological polar surface area (TPSA) is 25.8 Å². The van der Waals surface area contributed by atoms with Crippen LogP contribution in [0.25, 0.3) is 42.3 Å². The standard InChI is InChI=1S/C28H30GeN2S/c1-17-23(29(5,6)7)13-12-21-25-27(32-26(17)21)24(30-16-31-25)19-14-18-10-8-9-11-20(18)22(15-19)28(2,3)4/h8-16H,1-7H3. The van der Waals surface area contributed by atoms with E-state index in [1.54, 1.807) is 10.7 Å². The molecule has 0 unspecified atom stereocenters. The minimum atomic E-state index is -1.94. The van der Waals surface area contributed by atoms with Crippen molar-refractivity contribution in [1.29, 1.82) is 0 Å². The first-order chi connectivity index (χ1) is 15.1. The molecule has 0 atom stereocenters. The molecular weight excluding hydrogens is 469 g/mol. The van der Waals surface area contributed by atoms with Gasteiger partial charge in [-0.05, 0) is 0 Å². The summed E-state index contributed by atoms with van der Waals surface area (Å²) in [6.45, 7) is 9.16. The molecule has 162 valence electrons. The first-order valence-electron chi connectivity index (χ1n) is 11.3. The molecule has 0 saturated carbocycles. The van der Waals surface area contributed by atoms with Gasteiger partial charge in [0.05, 0.1) is 0 Å². The Hall–Kier alpha value is -2.24. The molecule has 2 heterocycles. The van der Waals surface area contributed by atoms with E-state index in [0.29, 0.717) is 0 Å². The summed E-state index contributed by atoms with van der Waals surface area (Å²) < 4.78 is 4.15. The van der Waals surface area contributed by atoms with Crippen LogP contribution in [0.15, 0.2) is 54.9 Å². The van der Waals surface area contributed by atoms with Gasteiger partial charge < -0.3 is 0 Å². The second-order valence-electron chi connectivity index (χ2n) is 10.9. The van der Waals surface area contributed by atoms with Crippen LogP contribution in [0.1, 0.15) is 31.9 Å². The number of hydrogen-bond acceptors (Lipinski definition) is 3. The Bertz CT molecular complexity index is 1500. The molecular formula is C28H30GeN2S. The molecule has 0 radical (unpaired) electrons. The zero-order valence-corrected chi connectivity index (χ0v) is 22.9. The number of aromatic nitrogens is 2. The van der Waals surface area contributed by atoms with Crippen LogP contribution in [0.5, 0.6) is 0 Å². The Morgan fingerprint density at radius 1 is 0.844 bits per heavy atom. The molecule has 0 spiro atoms. The Kier molecular flexibility index (Phi) is 4.99. The van der Waals surface area contributed by atoms with Crippen LogP contribution in [0.3, 0.4) is 0 Å². The van der Waals surface area contributed by atoms with E-state index in [0.717, 1.165) is 11.2 Å². The summed E-state index contributed by atoms with van der Waals surface area (Å²) in [5, 5.41) is 3.85. The summed E-state index contributed by atoms with van der Waals surface area (Å²) in [7, 11) is 0. The van der Waals surface area contributed by atoms with Gasteiger partial charge in [0.15, 0.2) is 0 Å². The van der Waals surface area contributed by atoms with Crippen LogP contribution >= 0.6 is 11.3 Å². The number of fused-ring (bicyclic) bond motifs is 4. The van der Waals surface area contributed by atoms with Crippen molar-refractivity contribution in [2.45, 2.75) is 50.4 Å². The Balaban J connectivity index is 1.83. The third-order valence-corrected chi connectivity index (χ3v) is 12.3. The van der Waals surface area contributed by atoms with Gasteiger partial charge in [0.2, 0.25) is 0 Å². The normalized spacial score (nSPS) is 12.8. The van der Waals surface area contributed by atoms with Gasteiger partial charge >= 0.3 is 198 Å². The summed E-state index contributed by atoms with van der Waals surface area (Å²) in [5.41, 5.74) is 6.16. The predicted octanol–water partition coefficient (Wildman–Crippen LogP) is 7.82. The van der Waals surface area contributed by atoms with Crippen molar-refractivity contribution in [3.8, 4) is 11.3 Å². The van der Waals surface area contributed by atoms with Gasteiger partial charge in [-0.15, -0.1) is 0 Å². The summed E-state index contributed by atoms with van der Waals surface area (Å²) in [6, 6.07) is 18.0. The quantitative estimate of drug-likeness (QED) is 0.232. The maximum absolute atomic E-state index is 4.81. The first kappa shape index (κ1) is 21.6. The molecule has 32 heavy (non-hydrogen) atoms. The molecule has 0 aliphatic carbocycles. The molecule has 0 saturated heterocycles. The fraction of sp³-hybridized carbons (Fsp3) is 0.286. The van der Waals surface area contributed by atoms with Crippen molar-refractivity contribution in [3.05, 3.63) is 66.0 Å². The molecule has 0 N–H and O–H groups in total. The second-order valence-corrected chi connectivity index (χ2v) is 22.5. The minimum absolute atomic E-state index is 0.0480. The number of nitrogens with zero attached hydrogens (tertiary/aromatic N) is 2. The Morgan fingerprint density at radius 3 is 2.31 bits per heavy atom. The summed E-state index contributed by atoms with van der Waals surface area (Å²) in [6.07, 6.45) is 1.74. The van der Waals surface area contributed by atoms with Crippen LogP contribution in [0, 0.1) is 6.92 Å². The third-order valence-electron chi connectivity index (χ3n) is 6.42. The number of hydrogen-bond donors (Lipinski definition) is 0. The van der Waals surface area contributed by atoms with Gasteiger partial charge in [-0.25, -0.2) is 0 Å². The molecule has 2 nitrogen and oxygen atoms in total. The Labute approximate surface area is 197 Å². The van der Waals surface area contributed by atoms with Crippen LogP contribution in [-0.4, -0.2) is 23.2 Å². The van der Waals surface area contributed by atoms with Crippen LogP contribution in [0.2, 0.25) is 17.3 Å². The molecule has 0 aliphatic heterocycles. The number of benzene rings is 3. The van der Waals surface area contributed by atoms with Crippen molar-refractivity contribution in [2.24, 2.45) is 0 Å². The van der Waals surface area contributed by atoms with E-state index in [9.17, 15) is 0 Å². The second kappa shape index (κ2) is 7.39. The first-order valence-corrected chi connectivity index (χ1v) is 19.4. The zero-order chi connectivity index (χ0) is 22.8. The van der Waals surface area contributed by atoms with Crippen molar-refractivity contribution in [2.75, 3.05) is 0 Å². The van der Waals surface area contributed by atoms with Gasteiger partial charge in [-0.1, -0.05) is 0 Å². The molecule has 5 rings (SSSR count). The fourth-order valence-electron chi connectivity index (χ4n) is 4.86. The fourth-order valence-corrected chi connectivity index (χ4v) is 10.2. The summed E-state index contributed by atoms with van der Waals surface area (Å²) in [5.74, 6) is 7.40. The van der Waals surface area contributed by atoms with Crippen molar-refractivity contribution >= 4 is 60.1 Å². The summed E-state index contributed by atoms with van der Waals surface area (Å²) in [4.78, 5) is 9.55. The molecule has 2 aromatic heterocycles. The van der Waals surface area contributed by atoms with E-state index in [-0.39, 0.29) is 5.41 Å². The maximum atomic E-state index is 4.81. The number of aryl methyl sites for hydroxylation is 1. The molecule has 5 aromatic rings. The van der Waals surface area contributed by atoms with Crippen LogP contribution < -0.4 is 4.40 Å². The van der Waals surface area contributed by atoms with E-state index in [1.165, 1.54) is 42.2 Å². The van der Waals surface area contributed by atoms with Crippen molar-refractivity contribution < 1.29 is 0 Å². The van der Waals surface area contributed by atoms with E-state index in [1.807, 2.05) is 11.3 Å². The van der Waals surface area contributed by atoms with E-state index in [2.05, 4.69) is 93.5 Å². The summed E-state index contributed by atoms with van der Waals surface area (Å²) >= 11 is -0.0795. The van der Waals surface area contributed by atoms with Crippen LogP contribution in [0.4, 0.5) is 0 Å². The monoisotopic (exact) mass is 500 g/mol. The average molecular weight is 499 g/mol. The molecule has 4 heteroatoms. The van der Waals surface area contributed by atoms with Crippen molar-refractivity contribution in [1.82, 2.24) is 9.97 Å². The van der Waals surface area contributed by atoms with Gasteiger partial charge in [0, 0.05) is 0 Å². The Morgan fingerprint density at radius 2 is 1.59 bits per heavy atom. The van der Waals surface area contributed by atoms with Crippen LogP contribution in [-0.2, 0) is 5.41 Å². The van der Waals surface area contributed by atoms with Crippen molar-refractivity contribution in [3.63, 3.8) is 0 Å². The molecule has 0 aliphatic rings. The van der Waals surface area contributed by atoms with Gasteiger partial charge in [0.1, 0.15) is 0 Å². The van der Waals surface area contributed by atoms with Gasteiger partial charge in [-0.2, -0.15) is 0 Å². The number of rotatable bonds is 2. The molecule has 0 bridgehead atoms. The SMILES string of the molecule is Cc1[c]([Ge]([CH3])([CH3])[CH3])ccc2c1sc1c(-c3cc(C(C)(C)C)c4ccccc4c3)ncnc12. The van der Waals surface area contributed by atoms with E-state index < -0.39 is 13.3 Å². The average Bonchev–Trinajstić information content (AvgIpc) is 3.11. The third kappa shape index (κ3) is 3.46. The molecule has 0 amide bonds. The van der Waals surface area contributed by atoms with Gasteiger partial charge in [0.25, 0.3) is 0 Å². The predicted molar refractivity (Wildman–Crippen MR) is 144 cm³/mol. The van der Waals surface area contributed by atoms with E-state index >= 15 is 0 Å².